The summed E-state index contributed by atoms with van der Waals surface area (Å²) >= 11 is 0. The maximum absolute atomic E-state index is 13.0. The third-order valence-electron chi connectivity index (χ3n) is 6.36. The van der Waals surface area contributed by atoms with Gasteiger partial charge in [-0.25, -0.2) is 0 Å². The highest BCUT2D eigenvalue weighted by Crippen LogP contribution is 2.40. The molecule has 2 aliphatic heterocycles. The van der Waals surface area contributed by atoms with Crippen molar-refractivity contribution in [1.29, 1.82) is 5.26 Å². The van der Waals surface area contributed by atoms with Gasteiger partial charge in [0.1, 0.15) is 11.4 Å². The van der Waals surface area contributed by atoms with Crippen LogP contribution >= 0.6 is 0 Å². The molecule has 2 aromatic carbocycles. The van der Waals surface area contributed by atoms with Crippen LogP contribution in [0.5, 0.6) is 5.75 Å². The number of likely N-dealkylation sites (tertiary alicyclic amines) is 1. The van der Waals surface area contributed by atoms with Crippen LogP contribution in [0.4, 0.5) is 0 Å². The number of carbonyl (C=O) groups is 2. The summed E-state index contributed by atoms with van der Waals surface area (Å²) < 4.78 is 6.36. The van der Waals surface area contributed by atoms with Gasteiger partial charge in [0, 0.05) is 45.1 Å². The lowest BCUT2D eigenvalue weighted by Gasteiger charge is -2.43. The van der Waals surface area contributed by atoms with Gasteiger partial charge in [0.05, 0.1) is 24.5 Å². The molecule has 2 aromatic rings. The molecule has 160 valence electrons. The number of nitriles is 1. The molecule has 2 aliphatic rings. The number of ether oxygens (including phenoxy) is 1. The van der Waals surface area contributed by atoms with Gasteiger partial charge >= 0.3 is 0 Å². The molecule has 1 fully saturated rings. The van der Waals surface area contributed by atoms with Gasteiger partial charge in [0.15, 0.2) is 5.78 Å². The molecular formula is C25H27N3O3. The monoisotopic (exact) mass is 417 g/mol. The number of hydrogen-bond donors (Lipinski definition) is 0. The summed E-state index contributed by atoms with van der Waals surface area (Å²) in [6.45, 7) is 2.29. The van der Waals surface area contributed by atoms with Crippen molar-refractivity contribution >= 4 is 11.7 Å². The lowest BCUT2D eigenvalue weighted by atomic mass is 9.82. The molecule has 31 heavy (non-hydrogen) atoms. The molecule has 2 heterocycles. The second kappa shape index (κ2) is 8.52. The molecule has 0 N–H and O–H groups in total. The summed E-state index contributed by atoms with van der Waals surface area (Å²) in [7, 11) is 3.79. The van der Waals surface area contributed by atoms with Crippen molar-refractivity contribution in [3.05, 3.63) is 53.6 Å². The van der Waals surface area contributed by atoms with Gasteiger partial charge in [-0.3, -0.25) is 9.59 Å². The second-order valence-corrected chi connectivity index (χ2v) is 8.61. The van der Waals surface area contributed by atoms with Gasteiger partial charge in [0.2, 0.25) is 0 Å². The summed E-state index contributed by atoms with van der Waals surface area (Å²) in [5.41, 5.74) is 2.71. The summed E-state index contributed by atoms with van der Waals surface area (Å²) in [6.07, 6.45) is 2.48. The zero-order chi connectivity index (χ0) is 22.0. The number of hydrogen-bond acceptors (Lipinski definition) is 5. The average molecular weight is 418 g/mol. The van der Waals surface area contributed by atoms with Gasteiger partial charge in [-0.2, -0.15) is 5.26 Å². The Labute approximate surface area is 183 Å². The Morgan fingerprint density at radius 2 is 1.84 bits per heavy atom. The normalized spacial score (nSPS) is 17.5. The van der Waals surface area contributed by atoms with Gasteiger partial charge in [-0.05, 0) is 42.4 Å². The third-order valence-corrected chi connectivity index (χ3v) is 6.36. The first-order chi connectivity index (χ1) is 14.9. The Balaban J connectivity index is 1.52. The number of Topliss-reactive ketones (excluding diaryl/α,β-unsaturated/α-hetero) is 1. The molecule has 0 saturated carbocycles. The Morgan fingerprint density at radius 3 is 2.52 bits per heavy atom. The zero-order valence-electron chi connectivity index (χ0n) is 18.1. The Morgan fingerprint density at radius 1 is 1.16 bits per heavy atom. The Bertz CT molecular complexity index is 1030. The number of piperidine rings is 1. The predicted octanol–water partition coefficient (Wildman–Crippen LogP) is 3.77. The lowest BCUT2D eigenvalue weighted by Crippen LogP contribution is -2.50. The number of benzene rings is 2. The van der Waals surface area contributed by atoms with E-state index in [1.807, 2.05) is 30.3 Å². The van der Waals surface area contributed by atoms with Gasteiger partial charge in [0.25, 0.3) is 5.91 Å². The highest BCUT2D eigenvalue weighted by Gasteiger charge is 2.42. The molecule has 1 spiro atoms. The zero-order valence-corrected chi connectivity index (χ0v) is 18.1. The first-order valence-electron chi connectivity index (χ1n) is 10.7. The minimum absolute atomic E-state index is 0.112. The minimum Gasteiger partial charge on any atom is -0.486 e. The quantitative estimate of drug-likeness (QED) is 0.757. The van der Waals surface area contributed by atoms with Gasteiger partial charge in [-0.1, -0.05) is 18.2 Å². The van der Waals surface area contributed by atoms with Crippen molar-refractivity contribution in [3.8, 4) is 22.9 Å². The van der Waals surface area contributed by atoms with Crippen molar-refractivity contribution in [2.45, 2.75) is 31.3 Å². The molecule has 6 nitrogen and oxygen atoms in total. The maximum Gasteiger partial charge on any atom is 0.253 e. The van der Waals surface area contributed by atoms with Crippen molar-refractivity contribution in [3.63, 3.8) is 0 Å². The molecule has 0 unspecified atom stereocenters. The summed E-state index contributed by atoms with van der Waals surface area (Å²) in [5, 5.41) is 8.69. The van der Waals surface area contributed by atoms with E-state index in [2.05, 4.69) is 18.0 Å². The number of rotatable bonds is 4. The largest absolute Gasteiger partial charge is 0.486 e. The Kier molecular flexibility index (Phi) is 5.79. The first-order valence-corrected chi connectivity index (χ1v) is 10.7. The van der Waals surface area contributed by atoms with Crippen LogP contribution in [0.15, 0.2) is 42.5 Å². The van der Waals surface area contributed by atoms with Crippen LogP contribution in [0.3, 0.4) is 0 Å². The van der Waals surface area contributed by atoms with Crippen LogP contribution in [-0.4, -0.2) is 60.8 Å². The van der Waals surface area contributed by atoms with Crippen molar-refractivity contribution in [1.82, 2.24) is 9.80 Å². The van der Waals surface area contributed by atoms with Crippen LogP contribution in [-0.2, 0) is 0 Å². The van der Waals surface area contributed by atoms with E-state index in [9.17, 15) is 9.59 Å². The van der Waals surface area contributed by atoms with E-state index in [1.165, 1.54) is 0 Å². The molecular weight excluding hydrogens is 390 g/mol. The highest BCUT2D eigenvalue weighted by atomic mass is 16.5. The fraction of sp³-hybridized carbons (Fsp3) is 0.400. The van der Waals surface area contributed by atoms with E-state index in [0.29, 0.717) is 36.3 Å². The molecule has 0 aromatic heterocycles. The minimum atomic E-state index is -0.363. The molecule has 1 amide bonds. The number of nitrogens with zero attached hydrogens (tertiary/aromatic N) is 3. The number of carbonyl (C=O) groups excluding carboxylic acids is 2. The molecule has 4 rings (SSSR count). The molecule has 0 atom stereocenters. The fourth-order valence-corrected chi connectivity index (χ4v) is 4.32. The topological polar surface area (TPSA) is 73.6 Å². The van der Waals surface area contributed by atoms with Crippen molar-refractivity contribution in [2.24, 2.45) is 0 Å². The standard InChI is InChI=1S/C25H27N3O3/c1-27-14-10-25(11-15-27)17-22(29)21-16-20(8-9-23(21)31-25)18-4-6-19(7-5-18)24(30)28(2)13-3-12-26/h4-9,16H,3,10-11,13-15,17H2,1-2H3. The van der Waals surface area contributed by atoms with E-state index >= 15 is 0 Å². The predicted molar refractivity (Wildman–Crippen MR) is 118 cm³/mol. The second-order valence-electron chi connectivity index (χ2n) is 8.61. The fourth-order valence-electron chi connectivity index (χ4n) is 4.32. The van der Waals surface area contributed by atoms with Gasteiger partial charge < -0.3 is 14.5 Å². The molecule has 0 radical (unpaired) electrons. The van der Waals surface area contributed by atoms with E-state index < -0.39 is 0 Å². The number of amides is 1. The van der Waals surface area contributed by atoms with E-state index in [-0.39, 0.29) is 17.3 Å². The average Bonchev–Trinajstić information content (AvgIpc) is 2.79. The highest BCUT2D eigenvalue weighted by molar-refractivity contribution is 6.01. The van der Waals surface area contributed by atoms with E-state index in [4.69, 9.17) is 10.00 Å². The number of fused-ring (bicyclic) bond motifs is 1. The lowest BCUT2D eigenvalue weighted by molar-refractivity contribution is -0.00366. The summed E-state index contributed by atoms with van der Waals surface area (Å²) in [6, 6.07) is 15.2. The number of ketones is 1. The van der Waals surface area contributed by atoms with Crippen molar-refractivity contribution in [2.75, 3.05) is 33.7 Å². The van der Waals surface area contributed by atoms with Crippen LogP contribution in [0.25, 0.3) is 11.1 Å². The van der Waals surface area contributed by atoms with Crippen LogP contribution in [0.2, 0.25) is 0 Å². The summed E-state index contributed by atoms with van der Waals surface area (Å²) in [4.78, 5) is 29.2. The molecule has 1 saturated heterocycles. The maximum atomic E-state index is 13.0. The Hall–Kier alpha value is -3.17. The van der Waals surface area contributed by atoms with Gasteiger partial charge in [-0.15, -0.1) is 0 Å². The van der Waals surface area contributed by atoms with Crippen LogP contribution < -0.4 is 4.74 Å². The van der Waals surface area contributed by atoms with Crippen molar-refractivity contribution < 1.29 is 14.3 Å². The SMILES string of the molecule is CN1CCC2(CC1)CC(=O)c1cc(-c3ccc(C(=O)N(C)CCC#N)cc3)ccc1O2. The van der Waals surface area contributed by atoms with Crippen LogP contribution in [0.1, 0.15) is 46.4 Å². The van der Waals surface area contributed by atoms with E-state index in [0.717, 1.165) is 37.1 Å². The van der Waals surface area contributed by atoms with Crippen LogP contribution in [0, 0.1) is 11.3 Å². The third kappa shape index (κ3) is 4.33. The van der Waals surface area contributed by atoms with E-state index in [1.54, 1.807) is 24.1 Å². The molecule has 6 heteroatoms. The first kappa shape index (κ1) is 21.1. The molecule has 0 aliphatic carbocycles. The molecule has 0 bridgehead atoms. The smallest absolute Gasteiger partial charge is 0.253 e. The summed E-state index contributed by atoms with van der Waals surface area (Å²) in [5.74, 6) is 0.702.